The molecule has 0 saturated heterocycles. The van der Waals surface area contributed by atoms with Crippen molar-refractivity contribution >= 4 is 17.6 Å². The van der Waals surface area contributed by atoms with Gasteiger partial charge in [0.2, 0.25) is 0 Å². The Morgan fingerprint density at radius 3 is 2.48 bits per heavy atom. The molecule has 1 aromatic heterocycles. The van der Waals surface area contributed by atoms with Crippen molar-refractivity contribution in [3.05, 3.63) is 65.1 Å². The van der Waals surface area contributed by atoms with Crippen LogP contribution in [0.25, 0.3) is 22.4 Å². The van der Waals surface area contributed by atoms with Gasteiger partial charge in [-0.3, -0.25) is 4.68 Å². The van der Waals surface area contributed by atoms with Crippen LogP contribution in [0.1, 0.15) is 31.4 Å². The molecule has 3 aromatic rings. The molecular weight excluding hydrogens is 443 g/mol. The van der Waals surface area contributed by atoms with Crippen LogP contribution in [-0.4, -0.2) is 34.1 Å². The fourth-order valence-electron chi connectivity index (χ4n) is 4.66. The van der Waals surface area contributed by atoms with Gasteiger partial charge >= 0.3 is 5.97 Å². The lowest BCUT2D eigenvalue weighted by Gasteiger charge is -2.28. The molecule has 0 atom stereocenters. The van der Waals surface area contributed by atoms with Gasteiger partial charge in [0.15, 0.2) is 0 Å². The number of halogens is 2. The van der Waals surface area contributed by atoms with Gasteiger partial charge in [-0.2, -0.15) is 5.10 Å². The van der Waals surface area contributed by atoms with Crippen LogP contribution in [0.3, 0.4) is 0 Å². The first-order chi connectivity index (χ1) is 15.9. The smallest absolute Gasteiger partial charge is 0.329 e. The highest BCUT2D eigenvalue weighted by Gasteiger charge is 2.25. The predicted molar refractivity (Wildman–Crippen MR) is 127 cm³/mol. The van der Waals surface area contributed by atoms with Gasteiger partial charge in [-0.25, -0.2) is 9.18 Å². The summed E-state index contributed by atoms with van der Waals surface area (Å²) in [5.74, 6) is -0.454. The number of carboxylic acids is 1. The minimum absolute atomic E-state index is 0.0992. The van der Waals surface area contributed by atoms with Gasteiger partial charge in [0.1, 0.15) is 18.1 Å². The average molecular weight is 471 g/mol. The highest BCUT2D eigenvalue weighted by atomic mass is 35.5. The molecule has 1 heterocycles. The van der Waals surface area contributed by atoms with Crippen LogP contribution in [0.5, 0.6) is 0 Å². The maximum Gasteiger partial charge on any atom is 0.329 e. The number of hydrogen-bond acceptors (Lipinski definition) is 3. The highest BCUT2D eigenvalue weighted by molar-refractivity contribution is 6.31. The Morgan fingerprint density at radius 1 is 1.12 bits per heavy atom. The summed E-state index contributed by atoms with van der Waals surface area (Å²) >= 11 is 6.10. The molecule has 0 aliphatic heterocycles. The largest absolute Gasteiger partial charge is 0.480 e. The molecule has 0 spiro atoms. The van der Waals surface area contributed by atoms with Gasteiger partial charge in [-0.05, 0) is 62.1 Å². The van der Waals surface area contributed by atoms with Gasteiger partial charge in [-0.1, -0.05) is 48.0 Å². The molecule has 174 valence electrons. The van der Waals surface area contributed by atoms with E-state index in [-0.39, 0.29) is 11.6 Å². The van der Waals surface area contributed by atoms with Gasteiger partial charge < -0.3 is 9.84 Å². The SMILES string of the molecule is Cc1c(-c2ccc(F)c(Cl)c2)c(-c2ccccc2)nn1CC1CCC(COCC(=O)O)CC1. The van der Waals surface area contributed by atoms with Gasteiger partial charge in [-0.15, -0.1) is 0 Å². The van der Waals surface area contributed by atoms with E-state index >= 15 is 0 Å². The second kappa shape index (κ2) is 10.5. The van der Waals surface area contributed by atoms with Gasteiger partial charge in [0.25, 0.3) is 0 Å². The molecule has 1 fully saturated rings. The minimum atomic E-state index is -0.926. The number of rotatable bonds is 8. The van der Waals surface area contributed by atoms with Crippen molar-refractivity contribution in [2.24, 2.45) is 11.8 Å². The van der Waals surface area contributed by atoms with Crippen molar-refractivity contribution in [3.8, 4) is 22.4 Å². The standard InChI is InChI=1S/C26H28ClFN2O3/c1-17-25(21-11-12-23(28)22(27)13-21)26(20-5-3-2-4-6-20)29-30(17)14-18-7-9-19(10-8-18)15-33-16-24(31)32/h2-6,11-13,18-19H,7-10,14-16H2,1H3,(H,31,32). The van der Waals surface area contributed by atoms with E-state index in [9.17, 15) is 9.18 Å². The molecule has 0 amide bonds. The zero-order valence-electron chi connectivity index (χ0n) is 18.6. The van der Waals surface area contributed by atoms with Crippen molar-refractivity contribution in [2.45, 2.75) is 39.2 Å². The van der Waals surface area contributed by atoms with E-state index in [1.807, 2.05) is 30.3 Å². The Balaban J connectivity index is 1.54. The van der Waals surface area contributed by atoms with Crippen molar-refractivity contribution in [1.82, 2.24) is 9.78 Å². The Hall–Kier alpha value is -2.70. The second-order valence-corrected chi connectivity index (χ2v) is 9.19. The summed E-state index contributed by atoms with van der Waals surface area (Å²) in [6.07, 6.45) is 4.16. The van der Waals surface area contributed by atoms with Crippen LogP contribution < -0.4 is 0 Å². The fourth-order valence-corrected chi connectivity index (χ4v) is 4.84. The Labute approximate surface area is 198 Å². The molecule has 1 saturated carbocycles. The third-order valence-corrected chi connectivity index (χ3v) is 6.73. The van der Waals surface area contributed by atoms with Gasteiger partial charge in [0, 0.05) is 23.4 Å². The zero-order chi connectivity index (χ0) is 23.4. The number of carbonyl (C=O) groups is 1. The summed E-state index contributed by atoms with van der Waals surface area (Å²) in [7, 11) is 0. The van der Waals surface area contributed by atoms with Crippen LogP contribution in [0.4, 0.5) is 4.39 Å². The van der Waals surface area contributed by atoms with E-state index in [1.165, 1.54) is 6.07 Å². The summed E-state index contributed by atoms with van der Waals surface area (Å²) in [4.78, 5) is 10.6. The number of hydrogen-bond donors (Lipinski definition) is 1. The van der Waals surface area contributed by atoms with Crippen molar-refractivity contribution in [2.75, 3.05) is 13.2 Å². The molecule has 1 aliphatic carbocycles. The van der Waals surface area contributed by atoms with Crippen LogP contribution in [0, 0.1) is 24.6 Å². The highest BCUT2D eigenvalue weighted by Crippen LogP contribution is 2.37. The Kier molecular flexibility index (Phi) is 7.46. The first kappa shape index (κ1) is 23.5. The van der Waals surface area contributed by atoms with E-state index in [2.05, 4.69) is 11.6 Å². The lowest BCUT2D eigenvalue weighted by Crippen LogP contribution is -2.23. The van der Waals surface area contributed by atoms with E-state index in [1.54, 1.807) is 12.1 Å². The van der Waals surface area contributed by atoms with Crippen LogP contribution in [-0.2, 0) is 16.1 Å². The van der Waals surface area contributed by atoms with E-state index < -0.39 is 11.8 Å². The number of aliphatic carboxylic acids is 1. The molecule has 0 unspecified atom stereocenters. The van der Waals surface area contributed by atoms with E-state index in [0.29, 0.717) is 18.4 Å². The lowest BCUT2D eigenvalue weighted by atomic mass is 9.82. The first-order valence-electron chi connectivity index (χ1n) is 11.3. The summed E-state index contributed by atoms with van der Waals surface area (Å²) in [6.45, 7) is 3.14. The topological polar surface area (TPSA) is 64.4 Å². The normalized spacial score (nSPS) is 18.4. The maximum absolute atomic E-state index is 13.8. The fraction of sp³-hybridized carbons (Fsp3) is 0.385. The van der Waals surface area contributed by atoms with Crippen molar-refractivity contribution in [1.29, 1.82) is 0 Å². The molecule has 1 N–H and O–H groups in total. The summed E-state index contributed by atoms with van der Waals surface area (Å²) in [6, 6.07) is 14.8. The average Bonchev–Trinajstić information content (AvgIpc) is 3.13. The minimum Gasteiger partial charge on any atom is -0.480 e. The quantitative estimate of drug-likeness (QED) is 0.424. The second-order valence-electron chi connectivity index (χ2n) is 8.78. The van der Waals surface area contributed by atoms with Crippen molar-refractivity contribution in [3.63, 3.8) is 0 Å². The third-order valence-electron chi connectivity index (χ3n) is 6.44. The third kappa shape index (κ3) is 5.63. The molecule has 2 aromatic carbocycles. The monoisotopic (exact) mass is 470 g/mol. The number of aromatic nitrogens is 2. The summed E-state index contributed by atoms with van der Waals surface area (Å²) in [5.41, 5.74) is 4.73. The number of benzene rings is 2. The summed E-state index contributed by atoms with van der Waals surface area (Å²) in [5, 5.41) is 13.8. The molecule has 0 radical (unpaired) electrons. The predicted octanol–water partition coefficient (Wildman–Crippen LogP) is 6.23. The van der Waals surface area contributed by atoms with Crippen LogP contribution in [0.15, 0.2) is 48.5 Å². The lowest BCUT2D eigenvalue weighted by molar-refractivity contribution is -0.142. The Bertz CT molecular complexity index is 1110. The number of nitrogens with zero attached hydrogens (tertiary/aromatic N) is 2. The van der Waals surface area contributed by atoms with Crippen LogP contribution >= 0.6 is 11.6 Å². The van der Waals surface area contributed by atoms with E-state index in [4.69, 9.17) is 26.5 Å². The molecule has 33 heavy (non-hydrogen) atoms. The molecule has 0 bridgehead atoms. The maximum atomic E-state index is 13.8. The van der Waals surface area contributed by atoms with Crippen molar-refractivity contribution < 1.29 is 19.0 Å². The molecule has 5 nitrogen and oxygen atoms in total. The molecular formula is C26H28ClFN2O3. The molecule has 7 heteroatoms. The summed E-state index contributed by atoms with van der Waals surface area (Å²) < 4.78 is 21.2. The first-order valence-corrected chi connectivity index (χ1v) is 11.7. The van der Waals surface area contributed by atoms with Gasteiger partial charge in [0.05, 0.1) is 11.6 Å². The van der Waals surface area contributed by atoms with E-state index in [0.717, 1.165) is 60.3 Å². The Morgan fingerprint density at radius 2 is 1.82 bits per heavy atom. The molecule has 4 rings (SSSR count). The molecule has 1 aliphatic rings. The number of carboxylic acid groups (broad SMARTS) is 1. The zero-order valence-corrected chi connectivity index (χ0v) is 19.4. The van der Waals surface area contributed by atoms with Crippen LogP contribution in [0.2, 0.25) is 5.02 Å². The number of ether oxygens (including phenoxy) is 1.